The molecular formula is C56H55N4O3P. The summed E-state index contributed by atoms with van der Waals surface area (Å²) in [6.45, 7) is 21.6. The van der Waals surface area contributed by atoms with Crippen LogP contribution in [0.4, 0.5) is 0 Å². The molecule has 0 unspecified atom stereocenters. The number of fused-ring (bicyclic) bond motifs is 8. The number of nitrogens with zero attached hydrogens (tertiary/aromatic N) is 2. The highest BCUT2D eigenvalue weighted by Crippen LogP contribution is 2.47. The summed E-state index contributed by atoms with van der Waals surface area (Å²) in [7, 11) is -3.51. The molecule has 0 saturated heterocycles. The van der Waals surface area contributed by atoms with Gasteiger partial charge in [0.25, 0.3) is 0 Å². The minimum absolute atomic E-state index is 0.270. The molecule has 8 bridgehead atoms. The molecule has 0 amide bonds. The van der Waals surface area contributed by atoms with Crippen molar-refractivity contribution in [2.45, 2.75) is 69.2 Å². The van der Waals surface area contributed by atoms with Crippen LogP contribution >= 0.6 is 7.60 Å². The van der Waals surface area contributed by atoms with Gasteiger partial charge in [0.1, 0.15) is 0 Å². The van der Waals surface area contributed by atoms with E-state index >= 15 is 0 Å². The van der Waals surface area contributed by atoms with Crippen molar-refractivity contribution in [2.75, 3.05) is 13.2 Å². The molecule has 8 heteroatoms. The monoisotopic (exact) mass is 862 g/mol. The Morgan fingerprint density at radius 3 is 1.27 bits per heavy atom. The summed E-state index contributed by atoms with van der Waals surface area (Å²) in [5.74, 6) is 0. The lowest BCUT2D eigenvalue weighted by Gasteiger charge is -2.17. The molecule has 0 spiro atoms. The zero-order valence-electron chi connectivity index (χ0n) is 38.5. The molecule has 3 aromatic heterocycles. The molecule has 4 aromatic carbocycles. The fraction of sp³-hybridized carbons (Fsp3) is 0.214. The fourth-order valence-corrected chi connectivity index (χ4v) is 11.5. The lowest BCUT2D eigenvalue weighted by atomic mass is 9.92. The molecule has 0 atom stereocenters. The summed E-state index contributed by atoms with van der Waals surface area (Å²) >= 11 is 0. The second-order valence-electron chi connectivity index (χ2n) is 17.2. The van der Waals surface area contributed by atoms with E-state index < -0.39 is 7.60 Å². The van der Waals surface area contributed by atoms with Crippen LogP contribution in [-0.4, -0.2) is 33.1 Å². The van der Waals surface area contributed by atoms with E-state index in [0.29, 0.717) is 5.30 Å². The van der Waals surface area contributed by atoms with Crippen LogP contribution in [0.1, 0.15) is 81.1 Å². The van der Waals surface area contributed by atoms with Crippen LogP contribution in [-0.2, 0) is 13.6 Å². The van der Waals surface area contributed by atoms with E-state index in [4.69, 9.17) is 19.0 Å². The Bertz CT molecular complexity index is 3260. The third-order valence-electron chi connectivity index (χ3n) is 12.3. The van der Waals surface area contributed by atoms with Crippen molar-refractivity contribution in [1.82, 2.24) is 19.9 Å². The predicted octanol–water partition coefficient (Wildman–Crippen LogP) is 14.7. The first-order valence-corrected chi connectivity index (χ1v) is 23.7. The Labute approximate surface area is 376 Å². The zero-order valence-corrected chi connectivity index (χ0v) is 39.3. The van der Waals surface area contributed by atoms with Gasteiger partial charge in [0, 0.05) is 44.3 Å². The van der Waals surface area contributed by atoms with Crippen LogP contribution in [0.5, 0.6) is 0 Å². The van der Waals surface area contributed by atoms with Gasteiger partial charge in [0.05, 0.1) is 41.3 Å². The SMILES string of the molecule is CCOP(=O)(OCC)c1ccc(-c2c3nc(c(-c4ccc(C)cc4C)c4ccc([nH]4)c(-c4c(C)cc(C)cc4C)c4nc(c(-c5c(C)cc(C)cc5C)c5ccc2[nH]5)C=C4)C=C3)cc1. The highest BCUT2D eigenvalue weighted by Gasteiger charge is 2.27. The average molecular weight is 863 g/mol. The highest BCUT2D eigenvalue weighted by molar-refractivity contribution is 7.62. The lowest BCUT2D eigenvalue weighted by molar-refractivity contribution is 0.230. The number of benzene rings is 4. The minimum atomic E-state index is -3.51. The number of rotatable bonds is 9. The smallest absolute Gasteiger partial charge is 0.354 e. The van der Waals surface area contributed by atoms with Crippen LogP contribution in [0.25, 0.3) is 90.9 Å². The number of nitrogens with one attached hydrogen (secondary N) is 2. The van der Waals surface area contributed by atoms with Crippen LogP contribution in [0.2, 0.25) is 0 Å². The summed E-state index contributed by atoms with van der Waals surface area (Å²) in [6.07, 6.45) is 8.57. The van der Waals surface area contributed by atoms with E-state index in [1.54, 1.807) is 0 Å². The topological polar surface area (TPSA) is 92.9 Å². The molecule has 0 saturated carbocycles. The largest absolute Gasteiger partial charge is 0.361 e. The number of hydrogen-bond acceptors (Lipinski definition) is 5. The number of aromatic amines is 2. The van der Waals surface area contributed by atoms with Crippen molar-refractivity contribution in [1.29, 1.82) is 0 Å². The van der Waals surface area contributed by atoms with Gasteiger partial charge in [-0.25, -0.2) is 9.97 Å². The fourth-order valence-electron chi connectivity index (χ4n) is 9.90. The second kappa shape index (κ2) is 17.0. The number of H-pyrrole nitrogens is 2. The van der Waals surface area contributed by atoms with E-state index in [1.165, 1.54) is 44.5 Å². The summed E-state index contributed by atoms with van der Waals surface area (Å²) in [5, 5.41) is 0.510. The van der Waals surface area contributed by atoms with E-state index in [9.17, 15) is 4.57 Å². The van der Waals surface area contributed by atoms with Crippen LogP contribution < -0.4 is 5.30 Å². The van der Waals surface area contributed by atoms with Crippen molar-refractivity contribution in [2.24, 2.45) is 0 Å². The van der Waals surface area contributed by atoms with Crippen LogP contribution in [0, 0.1) is 55.4 Å². The average Bonchev–Trinajstić information content (AvgIpc) is 4.08. The van der Waals surface area contributed by atoms with Gasteiger partial charge in [-0.2, -0.15) is 0 Å². The first-order valence-electron chi connectivity index (χ1n) is 22.2. The van der Waals surface area contributed by atoms with Crippen molar-refractivity contribution in [3.63, 3.8) is 0 Å². The zero-order chi connectivity index (χ0) is 45.0. The molecular weight excluding hydrogens is 808 g/mol. The maximum absolute atomic E-state index is 13.9. The van der Waals surface area contributed by atoms with E-state index in [2.05, 4.69) is 156 Å². The molecule has 7 aromatic rings. The Hall–Kier alpha value is -6.37. The Morgan fingerprint density at radius 2 is 0.828 bits per heavy atom. The second-order valence-corrected chi connectivity index (χ2v) is 19.3. The van der Waals surface area contributed by atoms with Crippen molar-refractivity contribution in [3.8, 4) is 44.5 Å². The molecule has 0 aliphatic carbocycles. The van der Waals surface area contributed by atoms with Crippen LogP contribution in [0.15, 0.2) is 91.0 Å². The van der Waals surface area contributed by atoms with Gasteiger partial charge in [-0.1, -0.05) is 71.3 Å². The standard InChI is InChI=1S/C56H55N4O3P/c1-11-62-64(61,63-12-2)41-16-14-40(15-17-41)53-43-19-21-45(57-43)54(42-18-13-32(3)27-35(42)6)46-22-24-48(59-46)56(52-38(9)30-34(5)31-39(52)10)50-26-25-49(60-50)55(47-23-20-44(53)58-47)51-36(7)28-33(4)29-37(51)8/h13-31,58-59H,11-12H2,1-10H3. The first kappa shape index (κ1) is 42.9. The van der Waals surface area contributed by atoms with Crippen molar-refractivity contribution in [3.05, 3.63) is 158 Å². The third-order valence-corrected chi connectivity index (χ3v) is 14.5. The molecule has 64 heavy (non-hydrogen) atoms. The summed E-state index contributed by atoms with van der Waals surface area (Å²) in [4.78, 5) is 18.9. The number of hydrogen-bond donors (Lipinski definition) is 2. The van der Waals surface area contributed by atoms with Crippen molar-refractivity contribution < 1.29 is 13.6 Å². The van der Waals surface area contributed by atoms with Gasteiger partial charge in [0.15, 0.2) is 0 Å². The van der Waals surface area contributed by atoms with E-state index in [-0.39, 0.29) is 13.2 Å². The summed E-state index contributed by atoms with van der Waals surface area (Å²) in [6, 6.07) is 32.0. The number of aryl methyl sites for hydroxylation is 8. The van der Waals surface area contributed by atoms with Crippen LogP contribution in [0.3, 0.4) is 0 Å². The van der Waals surface area contributed by atoms with Gasteiger partial charge in [-0.3, -0.25) is 4.57 Å². The van der Waals surface area contributed by atoms with E-state index in [0.717, 1.165) is 89.4 Å². The molecule has 2 N–H and O–H groups in total. The summed E-state index contributed by atoms with van der Waals surface area (Å²) < 4.78 is 25.4. The first-order chi connectivity index (χ1) is 30.8. The number of aromatic nitrogens is 4. The Morgan fingerprint density at radius 1 is 0.438 bits per heavy atom. The van der Waals surface area contributed by atoms with Crippen molar-refractivity contribution >= 4 is 59.3 Å². The van der Waals surface area contributed by atoms with Gasteiger partial charge >= 0.3 is 7.60 Å². The Balaban J connectivity index is 1.46. The normalized spacial score (nSPS) is 12.4. The minimum Gasteiger partial charge on any atom is -0.354 e. The lowest BCUT2D eigenvalue weighted by Crippen LogP contribution is -2.10. The Kier molecular flexibility index (Phi) is 11.4. The van der Waals surface area contributed by atoms with Gasteiger partial charge in [0.2, 0.25) is 0 Å². The van der Waals surface area contributed by atoms with Gasteiger partial charge < -0.3 is 19.0 Å². The molecule has 322 valence electrons. The maximum Gasteiger partial charge on any atom is 0.361 e. The van der Waals surface area contributed by atoms with E-state index in [1.807, 2.05) is 38.1 Å². The summed E-state index contributed by atoms with van der Waals surface area (Å²) in [5.41, 5.74) is 25.0. The molecule has 7 nitrogen and oxygen atoms in total. The maximum atomic E-state index is 13.9. The van der Waals surface area contributed by atoms with Gasteiger partial charge in [-0.05, 0) is 180 Å². The molecule has 2 aliphatic heterocycles. The molecule has 0 radical (unpaired) electrons. The molecule has 5 heterocycles. The predicted molar refractivity (Wildman–Crippen MR) is 269 cm³/mol. The molecule has 2 aliphatic rings. The van der Waals surface area contributed by atoms with Gasteiger partial charge in [-0.15, -0.1) is 0 Å². The quantitative estimate of drug-likeness (QED) is 0.141. The molecule has 9 rings (SSSR count). The third kappa shape index (κ3) is 7.72. The highest BCUT2D eigenvalue weighted by atomic mass is 31.2. The molecule has 0 fully saturated rings.